The van der Waals surface area contributed by atoms with Gasteiger partial charge in [0, 0.05) is 5.02 Å². The van der Waals surface area contributed by atoms with Gasteiger partial charge in [0.25, 0.3) is 5.91 Å². The summed E-state index contributed by atoms with van der Waals surface area (Å²) in [7, 11) is 0. The van der Waals surface area contributed by atoms with E-state index in [0.29, 0.717) is 5.02 Å². The Labute approximate surface area is 138 Å². The lowest BCUT2D eigenvalue weighted by Crippen LogP contribution is -2.50. The van der Waals surface area contributed by atoms with Crippen molar-refractivity contribution in [1.82, 2.24) is 5.32 Å². The maximum atomic E-state index is 13.1. The summed E-state index contributed by atoms with van der Waals surface area (Å²) in [6.07, 6.45) is 2.76. The van der Waals surface area contributed by atoms with Crippen molar-refractivity contribution in [2.24, 2.45) is 0 Å². The normalized spacial score (nSPS) is 16.0. The molecule has 2 aromatic carbocycles. The Morgan fingerprint density at radius 3 is 2.32 bits per heavy atom. The second-order valence-electron chi connectivity index (χ2n) is 5.52. The molecule has 0 aromatic heterocycles. The van der Waals surface area contributed by atoms with E-state index in [2.05, 4.69) is 5.32 Å². The van der Waals surface area contributed by atoms with Gasteiger partial charge >= 0.3 is 0 Å². The summed E-state index contributed by atoms with van der Waals surface area (Å²) in [5.41, 5.74) is 0.914. The summed E-state index contributed by atoms with van der Waals surface area (Å²) in [5.74, 6) is -0.753. The van der Waals surface area contributed by atoms with Crippen LogP contribution in [-0.4, -0.2) is 5.91 Å². The summed E-state index contributed by atoms with van der Waals surface area (Å²) >= 11 is 11.9. The van der Waals surface area contributed by atoms with Crippen LogP contribution in [0.2, 0.25) is 10.0 Å². The van der Waals surface area contributed by atoms with Gasteiger partial charge in [0.1, 0.15) is 5.82 Å². The van der Waals surface area contributed by atoms with Gasteiger partial charge in [-0.1, -0.05) is 35.3 Å². The van der Waals surface area contributed by atoms with Crippen LogP contribution in [0.3, 0.4) is 0 Å². The van der Waals surface area contributed by atoms with Crippen LogP contribution in [0.25, 0.3) is 0 Å². The molecule has 0 heterocycles. The van der Waals surface area contributed by atoms with Crippen molar-refractivity contribution in [3.8, 4) is 0 Å². The molecule has 0 radical (unpaired) electrons. The van der Waals surface area contributed by atoms with Crippen LogP contribution >= 0.6 is 23.2 Å². The Morgan fingerprint density at radius 1 is 1.09 bits per heavy atom. The fourth-order valence-corrected chi connectivity index (χ4v) is 3.12. The molecule has 0 unspecified atom stereocenters. The third kappa shape index (κ3) is 2.83. The highest BCUT2D eigenvalue weighted by atomic mass is 35.5. The lowest BCUT2D eigenvalue weighted by molar-refractivity contribution is 0.0823. The zero-order valence-corrected chi connectivity index (χ0v) is 13.2. The molecule has 1 fully saturated rings. The highest BCUT2D eigenvalue weighted by molar-refractivity contribution is 6.33. The lowest BCUT2D eigenvalue weighted by Gasteiger charge is -2.43. The first-order chi connectivity index (χ1) is 10.5. The Hall–Kier alpha value is -1.58. The van der Waals surface area contributed by atoms with E-state index in [9.17, 15) is 9.18 Å². The molecule has 1 N–H and O–H groups in total. The number of hydrogen-bond acceptors (Lipinski definition) is 1. The van der Waals surface area contributed by atoms with E-state index in [0.717, 1.165) is 30.9 Å². The van der Waals surface area contributed by atoms with E-state index >= 15 is 0 Å². The molecule has 0 spiro atoms. The number of carbonyl (C=O) groups excluding carboxylic acids is 1. The average molecular weight is 338 g/mol. The van der Waals surface area contributed by atoms with Gasteiger partial charge in [-0.3, -0.25) is 4.79 Å². The molecule has 1 amide bonds. The van der Waals surface area contributed by atoms with Gasteiger partial charge in [-0.05, 0) is 55.2 Å². The number of nitrogens with one attached hydrogen (secondary N) is 1. The van der Waals surface area contributed by atoms with Crippen molar-refractivity contribution in [2.75, 3.05) is 0 Å². The van der Waals surface area contributed by atoms with E-state index < -0.39 is 5.82 Å². The molecule has 0 bridgehead atoms. The molecule has 3 rings (SSSR count). The number of halogens is 3. The van der Waals surface area contributed by atoms with Crippen molar-refractivity contribution in [3.63, 3.8) is 0 Å². The third-order valence-corrected chi connectivity index (χ3v) is 4.70. The van der Waals surface area contributed by atoms with Crippen molar-refractivity contribution in [3.05, 3.63) is 69.5 Å². The van der Waals surface area contributed by atoms with Crippen LogP contribution in [0.5, 0.6) is 0 Å². The van der Waals surface area contributed by atoms with Crippen LogP contribution in [0, 0.1) is 5.82 Å². The maximum absolute atomic E-state index is 13.1. The molecule has 1 saturated carbocycles. The summed E-state index contributed by atoms with van der Waals surface area (Å²) in [5, 5.41) is 3.83. The summed E-state index contributed by atoms with van der Waals surface area (Å²) in [6, 6.07) is 11.3. The van der Waals surface area contributed by atoms with Crippen LogP contribution in [0.1, 0.15) is 35.2 Å². The highest BCUT2D eigenvalue weighted by Gasteiger charge is 2.40. The largest absolute Gasteiger partial charge is 0.342 e. The summed E-state index contributed by atoms with van der Waals surface area (Å²) in [4.78, 5) is 12.5. The van der Waals surface area contributed by atoms with Crippen LogP contribution in [-0.2, 0) is 5.54 Å². The molecule has 2 aromatic rings. The lowest BCUT2D eigenvalue weighted by atomic mass is 9.71. The minimum atomic E-state index is -0.461. The maximum Gasteiger partial charge on any atom is 0.253 e. The van der Waals surface area contributed by atoms with E-state index in [1.165, 1.54) is 12.1 Å². The minimum Gasteiger partial charge on any atom is -0.342 e. The van der Waals surface area contributed by atoms with Crippen molar-refractivity contribution in [1.29, 1.82) is 0 Å². The Bertz CT molecular complexity index is 711. The number of benzene rings is 2. The Morgan fingerprint density at radius 2 is 1.77 bits per heavy atom. The van der Waals surface area contributed by atoms with Crippen LogP contribution < -0.4 is 5.32 Å². The standard InChI is InChI=1S/C17H14Cl2FNO/c18-12-4-2-11(3-5-12)17(8-1-9-17)21-16(22)14-7-6-13(20)10-15(14)19/h2-7,10H,1,8-9H2,(H,21,22). The Balaban J connectivity index is 1.86. The number of rotatable bonds is 3. The quantitative estimate of drug-likeness (QED) is 0.844. The zero-order chi connectivity index (χ0) is 15.7. The van der Waals surface area contributed by atoms with Gasteiger partial charge < -0.3 is 5.32 Å². The number of hydrogen-bond donors (Lipinski definition) is 1. The molecule has 1 aliphatic carbocycles. The van der Waals surface area contributed by atoms with Gasteiger partial charge in [-0.2, -0.15) is 0 Å². The monoisotopic (exact) mass is 337 g/mol. The molecule has 2 nitrogen and oxygen atoms in total. The van der Waals surface area contributed by atoms with E-state index in [4.69, 9.17) is 23.2 Å². The first-order valence-electron chi connectivity index (χ1n) is 7.04. The first kappa shape index (κ1) is 15.3. The highest BCUT2D eigenvalue weighted by Crippen LogP contribution is 2.42. The predicted octanol–water partition coefficient (Wildman–Crippen LogP) is 4.94. The van der Waals surface area contributed by atoms with Crippen molar-refractivity contribution < 1.29 is 9.18 Å². The van der Waals surface area contributed by atoms with Crippen LogP contribution in [0.15, 0.2) is 42.5 Å². The topological polar surface area (TPSA) is 29.1 Å². The van der Waals surface area contributed by atoms with Gasteiger partial charge in [0.05, 0.1) is 16.1 Å². The predicted molar refractivity (Wildman–Crippen MR) is 85.9 cm³/mol. The van der Waals surface area contributed by atoms with Crippen molar-refractivity contribution in [2.45, 2.75) is 24.8 Å². The fraction of sp³-hybridized carbons (Fsp3) is 0.235. The zero-order valence-electron chi connectivity index (χ0n) is 11.7. The minimum absolute atomic E-state index is 0.114. The van der Waals surface area contributed by atoms with Gasteiger partial charge in [0.15, 0.2) is 0 Å². The molecule has 114 valence electrons. The number of amides is 1. The number of carbonyl (C=O) groups is 1. The van der Waals surface area contributed by atoms with Gasteiger partial charge in [-0.25, -0.2) is 4.39 Å². The van der Waals surface area contributed by atoms with E-state index in [1.807, 2.05) is 24.3 Å². The molecule has 0 atom stereocenters. The Kier molecular flexibility index (Phi) is 4.11. The fourth-order valence-electron chi connectivity index (χ4n) is 2.74. The van der Waals surface area contributed by atoms with E-state index in [-0.39, 0.29) is 22.0 Å². The van der Waals surface area contributed by atoms with Crippen LogP contribution in [0.4, 0.5) is 4.39 Å². The molecular weight excluding hydrogens is 324 g/mol. The first-order valence-corrected chi connectivity index (χ1v) is 7.79. The summed E-state index contributed by atoms with van der Waals surface area (Å²) < 4.78 is 13.1. The van der Waals surface area contributed by atoms with E-state index in [1.54, 1.807) is 0 Å². The van der Waals surface area contributed by atoms with Gasteiger partial charge in [-0.15, -0.1) is 0 Å². The second kappa shape index (κ2) is 5.90. The average Bonchev–Trinajstić information content (AvgIpc) is 2.43. The smallest absolute Gasteiger partial charge is 0.253 e. The molecule has 22 heavy (non-hydrogen) atoms. The summed E-state index contributed by atoms with van der Waals surface area (Å²) in [6.45, 7) is 0. The third-order valence-electron chi connectivity index (χ3n) is 4.13. The SMILES string of the molecule is O=C(NC1(c2ccc(Cl)cc2)CCC1)c1ccc(F)cc1Cl. The van der Waals surface area contributed by atoms with Crippen molar-refractivity contribution >= 4 is 29.1 Å². The molecule has 0 saturated heterocycles. The molecule has 1 aliphatic rings. The van der Waals surface area contributed by atoms with Gasteiger partial charge in [0.2, 0.25) is 0 Å². The molecule has 5 heteroatoms. The second-order valence-corrected chi connectivity index (χ2v) is 6.36. The molecule has 0 aliphatic heterocycles. The molecular formula is C17H14Cl2FNO.